The summed E-state index contributed by atoms with van der Waals surface area (Å²) in [6.07, 6.45) is 10.5. The molecule has 0 aromatic carbocycles. The number of carbonyl (C=O) groups is 1. The maximum Gasteiger partial charge on any atom is 0.247 e. The molecular weight excluding hydrogens is 368 g/mol. The number of imidazole rings is 1. The van der Waals surface area contributed by atoms with Crippen molar-refractivity contribution in [2.75, 3.05) is 5.73 Å². The predicted molar refractivity (Wildman–Crippen MR) is 107 cm³/mol. The molecule has 4 aromatic heterocycles. The Balaban J connectivity index is 1.66. The number of nitrogens with zero attached hydrogens (tertiary/aromatic N) is 5. The molecular formula is C21H20N6O2. The van der Waals surface area contributed by atoms with Crippen molar-refractivity contribution in [2.24, 2.45) is 5.92 Å². The zero-order valence-corrected chi connectivity index (χ0v) is 16.0. The highest BCUT2D eigenvalue weighted by molar-refractivity contribution is 5.99. The Hall–Kier alpha value is -3.55. The van der Waals surface area contributed by atoms with E-state index in [9.17, 15) is 4.79 Å². The number of anilines is 1. The van der Waals surface area contributed by atoms with Gasteiger partial charge in [0.1, 0.15) is 23.3 Å². The van der Waals surface area contributed by atoms with Crippen LogP contribution in [0.25, 0.3) is 28.5 Å². The molecule has 146 valence electrons. The first kappa shape index (κ1) is 17.5. The number of hydrogen-bond acceptors (Lipinski definition) is 7. The zero-order chi connectivity index (χ0) is 20.0. The van der Waals surface area contributed by atoms with E-state index in [1.165, 1.54) is 18.9 Å². The summed E-state index contributed by atoms with van der Waals surface area (Å²) >= 11 is 0. The fourth-order valence-electron chi connectivity index (χ4n) is 3.64. The number of pyridine rings is 1. The number of rotatable bonds is 5. The van der Waals surface area contributed by atoms with Crippen molar-refractivity contribution in [2.45, 2.75) is 32.6 Å². The summed E-state index contributed by atoms with van der Waals surface area (Å²) in [7, 11) is 0. The molecule has 1 aliphatic rings. The van der Waals surface area contributed by atoms with Gasteiger partial charge in [-0.1, -0.05) is 19.3 Å². The van der Waals surface area contributed by atoms with Gasteiger partial charge in [-0.05, 0) is 25.0 Å². The Morgan fingerprint density at radius 2 is 2.10 bits per heavy atom. The van der Waals surface area contributed by atoms with Gasteiger partial charge < -0.3 is 14.6 Å². The molecule has 0 spiro atoms. The van der Waals surface area contributed by atoms with E-state index < -0.39 is 0 Å². The molecule has 0 amide bonds. The molecule has 1 fully saturated rings. The Bertz CT molecular complexity index is 1210. The normalized spacial score (nSPS) is 14.2. The van der Waals surface area contributed by atoms with Gasteiger partial charge >= 0.3 is 0 Å². The number of nitrogens with two attached hydrogens (primary N) is 1. The Kier molecular flexibility index (Phi) is 4.12. The lowest BCUT2D eigenvalue weighted by Gasteiger charge is -2.24. The largest absolute Gasteiger partial charge is 0.443 e. The smallest absolute Gasteiger partial charge is 0.247 e. The highest BCUT2D eigenvalue weighted by Gasteiger charge is 2.26. The minimum atomic E-state index is -0.0696. The van der Waals surface area contributed by atoms with Crippen LogP contribution < -0.4 is 5.73 Å². The molecule has 4 heterocycles. The molecule has 0 bridgehead atoms. The fraction of sp³-hybridized carbons (Fsp3) is 0.286. The second-order valence-corrected chi connectivity index (χ2v) is 7.46. The number of hydrogen-bond donors (Lipinski definition) is 1. The van der Waals surface area contributed by atoms with Crippen LogP contribution in [0, 0.1) is 12.8 Å². The molecule has 0 unspecified atom stereocenters. The van der Waals surface area contributed by atoms with Gasteiger partial charge in [0.15, 0.2) is 17.3 Å². The van der Waals surface area contributed by atoms with Crippen LogP contribution in [0.15, 0.2) is 41.4 Å². The third-order valence-corrected chi connectivity index (χ3v) is 5.48. The number of fused-ring (bicyclic) bond motifs is 1. The van der Waals surface area contributed by atoms with Crippen molar-refractivity contribution in [3.05, 3.63) is 48.4 Å². The highest BCUT2D eigenvalue weighted by atomic mass is 16.3. The molecule has 1 saturated carbocycles. The number of aryl methyl sites for hydroxylation is 1. The number of carbonyl (C=O) groups excluding carboxylic acids is 1. The van der Waals surface area contributed by atoms with E-state index in [4.69, 9.17) is 10.2 Å². The summed E-state index contributed by atoms with van der Waals surface area (Å²) in [5.41, 5.74) is 9.85. The average Bonchev–Trinajstić information content (AvgIpc) is 3.34. The Labute approximate surface area is 166 Å². The van der Waals surface area contributed by atoms with Crippen LogP contribution in [-0.2, 0) is 0 Å². The van der Waals surface area contributed by atoms with Gasteiger partial charge in [-0.15, -0.1) is 0 Å². The van der Waals surface area contributed by atoms with E-state index in [0.29, 0.717) is 29.6 Å². The van der Waals surface area contributed by atoms with Gasteiger partial charge in [-0.25, -0.2) is 19.9 Å². The topological polar surface area (TPSA) is 112 Å². The van der Waals surface area contributed by atoms with Crippen LogP contribution in [0.5, 0.6) is 0 Å². The molecule has 0 aliphatic heterocycles. The van der Waals surface area contributed by atoms with Crippen molar-refractivity contribution >= 4 is 17.2 Å². The van der Waals surface area contributed by atoms with Gasteiger partial charge in [-0.2, -0.15) is 0 Å². The van der Waals surface area contributed by atoms with Crippen LogP contribution in [0.3, 0.4) is 0 Å². The number of ketones is 1. The summed E-state index contributed by atoms with van der Waals surface area (Å²) in [5, 5.41) is 0. The van der Waals surface area contributed by atoms with E-state index in [1.807, 2.05) is 29.7 Å². The van der Waals surface area contributed by atoms with Crippen LogP contribution in [0.2, 0.25) is 0 Å². The first-order valence-corrected chi connectivity index (χ1v) is 9.65. The van der Waals surface area contributed by atoms with Crippen molar-refractivity contribution in [3.8, 4) is 22.8 Å². The van der Waals surface area contributed by atoms with Gasteiger partial charge in [-0.3, -0.25) is 4.79 Å². The lowest BCUT2D eigenvalue weighted by Crippen LogP contribution is -2.18. The van der Waals surface area contributed by atoms with E-state index in [-0.39, 0.29) is 17.3 Å². The Morgan fingerprint density at radius 3 is 2.83 bits per heavy atom. The van der Waals surface area contributed by atoms with E-state index in [0.717, 1.165) is 29.7 Å². The molecule has 29 heavy (non-hydrogen) atoms. The molecule has 0 saturated heterocycles. The average molecular weight is 388 g/mol. The highest BCUT2D eigenvalue weighted by Crippen LogP contribution is 2.33. The second-order valence-electron chi connectivity index (χ2n) is 7.46. The minimum Gasteiger partial charge on any atom is -0.443 e. The van der Waals surface area contributed by atoms with Gasteiger partial charge in [0.2, 0.25) is 5.89 Å². The third kappa shape index (κ3) is 3.06. The molecule has 2 N–H and O–H groups in total. The van der Waals surface area contributed by atoms with E-state index in [1.54, 1.807) is 6.20 Å². The second kappa shape index (κ2) is 6.80. The minimum absolute atomic E-state index is 0.0696. The maximum atomic E-state index is 12.8. The third-order valence-electron chi connectivity index (χ3n) is 5.48. The van der Waals surface area contributed by atoms with Crippen molar-refractivity contribution in [3.63, 3.8) is 0 Å². The molecule has 5 rings (SSSR count). The van der Waals surface area contributed by atoms with Crippen LogP contribution in [0.1, 0.15) is 41.9 Å². The van der Waals surface area contributed by atoms with Gasteiger partial charge in [0, 0.05) is 30.1 Å². The fourth-order valence-corrected chi connectivity index (χ4v) is 3.64. The number of oxazole rings is 1. The first-order chi connectivity index (χ1) is 14.1. The standard InChI is InChI=1S/C21H20N6O2/c1-12-10-24-16-6-5-14(11-27(12)16)17-19(21-23-7-8-29-21)26-20(22)18(25-17)15(28)9-13-3-2-4-13/h5-8,10-11,13H,2-4,9H2,1H3,(H2,22,26). The molecule has 8 nitrogen and oxygen atoms in total. The van der Waals surface area contributed by atoms with Crippen molar-refractivity contribution in [1.82, 2.24) is 24.3 Å². The SMILES string of the molecule is Cc1cnc2ccc(-c3nc(C(=O)CC4CCC4)c(N)nc3-c3ncco3)cn12. The monoisotopic (exact) mass is 388 g/mol. The summed E-state index contributed by atoms with van der Waals surface area (Å²) in [4.78, 5) is 30.5. The maximum absolute atomic E-state index is 12.8. The van der Waals surface area contributed by atoms with Crippen molar-refractivity contribution in [1.29, 1.82) is 0 Å². The summed E-state index contributed by atoms with van der Waals surface area (Å²) in [5.74, 6) is 0.758. The van der Waals surface area contributed by atoms with Crippen LogP contribution in [-0.4, -0.2) is 30.1 Å². The van der Waals surface area contributed by atoms with Gasteiger partial charge in [0.05, 0.1) is 6.20 Å². The van der Waals surface area contributed by atoms with Crippen LogP contribution >= 0.6 is 0 Å². The van der Waals surface area contributed by atoms with Crippen LogP contribution in [0.4, 0.5) is 5.82 Å². The molecule has 4 aromatic rings. The zero-order valence-electron chi connectivity index (χ0n) is 16.0. The lowest BCUT2D eigenvalue weighted by atomic mass is 9.81. The molecule has 0 atom stereocenters. The van der Waals surface area contributed by atoms with E-state index in [2.05, 4.69) is 19.9 Å². The summed E-state index contributed by atoms with van der Waals surface area (Å²) < 4.78 is 7.41. The first-order valence-electron chi connectivity index (χ1n) is 9.65. The predicted octanol–water partition coefficient (Wildman–Crippen LogP) is 3.71. The summed E-state index contributed by atoms with van der Waals surface area (Å²) in [6.45, 7) is 1.97. The van der Waals surface area contributed by atoms with E-state index >= 15 is 0 Å². The summed E-state index contributed by atoms with van der Waals surface area (Å²) in [6, 6.07) is 3.80. The molecule has 8 heteroatoms. The van der Waals surface area contributed by atoms with Crippen molar-refractivity contribution < 1.29 is 9.21 Å². The number of nitrogen functional groups attached to an aromatic ring is 1. The molecule has 1 aliphatic carbocycles. The van der Waals surface area contributed by atoms with Gasteiger partial charge in [0.25, 0.3) is 0 Å². The Morgan fingerprint density at radius 1 is 1.24 bits per heavy atom. The number of aromatic nitrogens is 5. The molecule has 0 radical (unpaired) electrons. The quantitative estimate of drug-likeness (QED) is 0.519. The lowest BCUT2D eigenvalue weighted by molar-refractivity contribution is 0.0932. The number of Topliss-reactive ketones (excluding diaryl/α,β-unsaturated/α-hetero) is 1.